The van der Waals surface area contributed by atoms with Gasteiger partial charge in [-0.1, -0.05) is 19.4 Å². The predicted octanol–water partition coefficient (Wildman–Crippen LogP) is 5.41. The molecule has 10 heteroatoms. The molecular weight excluding hydrogens is 412 g/mol. The van der Waals surface area contributed by atoms with Crippen LogP contribution in [0.15, 0.2) is 40.1 Å². The molecule has 3 rings (SSSR count). The third-order valence-electron chi connectivity index (χ3n) is 3.87. The highest BCUT2D eigenvalue weighted by Crippen LogP contribution is 2.38. The van der Waals surface area contributed by atoms with Crippen molar-refractivity contribution >= 4 is 39.7 Å². The van der Waals surface area contributed by atoms with E-state index in [0.29, 0.717) is 23.1 Å². The van der Waals surface area contributed by atoms with Crippen LogP contribution in [0.2, 0.25) is 0 Å². The fraction of sp³-hybridized carbons (Fsp3) is 0.263. The van der Waals surface area contributed by atoms with Gasteiger partial charge in [0, 0.05) is 17.0 Å². The SMILES string of the molecule is CCCCOc1c(OC)cc(/C=N\Nc2nc(-c3cccs3)cs2)cc1[N+](=O)[O-]. The third-order valence-corrected chi connectivity index (χ3v) is 5.51. The molecule has 0 unspecified atom stereocenters. The second-order valence-electron chi connectivity index (χ2n) is 5.92. The van der Waals surface area contributed by atoms with Gasteiger partial charge in [-0.3, -0.25) is 15.5 Å². The number of thiophene rings is 1. The van der Waals surface area contributed by atoms with Crippen LogP contribution in [-0.4, -0.2) is 29.8 Å². The van der Waals surface area contributed by atoms with E-state index in [-0.39, 0.29) is 11.4 Å². The van der Waals surface area contributed by atoms with E-state index in [9.17, 15) is 10.1 Å². The average Bonchev–Trinajstić information content (AvgIpc) is 3.40. The van der Waals surface area contributed by atoms with E-state index in [1.807, 2.05) is 29.8 Å². The number of methoxy groups -OCH3 is 1. The summed E-state index contributed by atoms with van der Waals surface area (Å²) in [4.78, 5) is 16.6. The van der Waals surface area contributed by atoms with E-state index in [4.69, 9.17) is 9.47 Å². The normalized spacial score (nSPS) is 11.0. The number of thiazole rings is 1. The van der Waals surface area contributed by atoms with Crippen LogP contribution in [0.1, 0.15) is 25.3 Å². The van der Waals surface area contributed by atoms with Gasteiger partial charge in [0.1, 0.15) is 0 Å². The Morgan fingerprint density at radius 2 is 2.24 bits per heavy atom. The number of aromatic nitrogens is 1. The van der Waals surface area contributed by atoms with Gasteiger partial charge >= 0.3 is 5.69 Å². The number of rotatable bonds is 10. The molecule has 0 fully saturated rings. The number of hydrogen-bond donors (Lipinski definition) is 1. The second-order valence-corrected chi connectivity index (χ2v) is 7.72. The lowest BCUT2D eigenvalue weighted by atomic mass is 10.2. The molecule has 0 amide bonds. The van der Waals surface area contributed by atoms with Crippen LogP contribution in [0.4, 0.5) is 10.8 Å². The van der Waals surface area contributed by atoms with E-state index >= 15 is 0 Å². The Hall–Kier alpha value is -2.98. The summed E-state index contributed by atoms with van der Waals surface area (Å²) < 4.78 is 10.9. The average molecular weight is 433 g/mol. The number of nitrogens with one attached hydrogen (secondary N) is 1. The second kappa shape index (κ2) is 9.99. The first-order valence-corrected chi connectivity index (χ1v) is 10.7. The van der Waals surface area contributed by atoms with Crippen molar-refractivity contribution in [3.8, 4) is 22.1 Å². The smallest absolute Gasteiger partial charge is 0.315 e. The Labute approximate surface area is 176 Å². The minimum Gasteiger partial charge on any atom is -0.493 e. The molecule has 8 nitrogen and oxygen atoms in total. The van der Waals surface area contributed by atoms with E-state index in [0.717, 1.165) is 23.4 Å². The van der Waals surface area contributed by atoms with Crippen LogP contribution in [-0.2, 0) is 0 Å². The lowest BCUT2D eigenvalue weighted by Gasteiger charge is -2.11. The topological polar surface area (TPSA) is 98.9 Å². The zero-order valence-corrected chi connectivity index (χ0v) is 17.6. The number of benzene rings is 1. The zero-order valence-electron chi connectivity index (χ0n) is 16.0. The van der Waals surface area contributed by atoms with Crippen LogP contribution in [0.3, 0.4) is 0 Å². The van der Waals surface area contributed by atoms with Crippen LogP contribution >= 0.6 is 22.7 Å². The van der Waals surface area contributed by atoms with E-state index < -0.39 is 4.92 Å². The standard InChI is InChI=1S/C19H20N4O4S2/c1-3-4-7-27-18-15(23(24)25)9-13(10-16(18)26-2)11-20-22-19-21-14(12-29-19)17-6-5-8-28-17/h5-6,8-12H,3-4,7H2,1-2H3,(H,21,22)/b20-11-. The summed E-state index contributed by atoms with van der Waals surface area (Å²) in [6.07, 6.45) is 3.21. The molecule has 2 heterocycles. The maximum absolute atomic E-state index is 11.5. The molecule has 1 N–H and O–H groups in total. The van der Waals surface area contributed by atoms with Crippen molar-refractivity contribution in [2.45, 2.75) is 19.8 Å². The van der Waals surface area contributed by atoms with Gasteiger partial charge in [-0.15, -0.1) is 22.7 Å². The Morgan fingerprint density at radius 1 is 1.38 bits per heavy atom. The summed E-state index contributed by atoms with van der Waals surface area (Å²) in [5.41, 5.74) is 4.10. The lowest BCUT2D eigenvalue weighted by molar-refractivity contribution is -0.386. The zero-order chi connectivity index (χ0) is 20.6. The number of nitro groups is 1. The van der Waals surface area contributed by atoms with Gasteiger partial charge in [0.25, 0.3) is 0 Å². The summed E-state index contributed by atoms with van der Waals surface area (Å²) in [5.74, 6) is 0.433. The van der Waals surface area contributed by atoms with Crippen molar-refractivity contribution in [3.05, 3.63) is 50.7 Å². The van der Waals surface area contributed by atoms with Crippen molar-refractivity contribution in [2.24, 2.45) is 5.10 Å². The molecule has 0 aliphatic rings. The van der Waals surface area contributed by atoms with E-state index in [1.165, 1.54) is 30.7 Å². The molecule has 0 saturated carbocycles. The first-order chi connectivity index (χ1) is 14.1. The summed E-state index contributed by atoms with van der Waals surface area (Å²) in [5, 5.41) is 20.2. The Morgan fingerprint density at radius 3 is 2.93 bits per heavy atom. The molecule has 0 atom stereocenters. The molecular formula is C19H20N4O4S2. The van der Waals surface area contributed by atoms with E-state index in [2.05, 4.69) is 15.5 Å². The number of unbranched alkanes of at least 4 members (excludes halogenated alkanes) is 1. The number of ether oxygens (including phenoxy) is 2. The van der Waals surface area contributed by atoms with Crippen LogP contribution < -0.4 is 14.9 Å². The highest BCUT2D eigenvalue weighted by Gasteiger charge is 2.22. The Kier molecular flexibility index (Phi) is 7.14. The maximum atomic E-state index is 11.5. The molecule has 3 aromatic rings. The fourth-order valence-corrected chi connectivity index (χ4v) is 3.88. The fourth-order valence-electron chi connectivity index (χ4n) is 2.46. The van der Waals surface area contributed by atoms with Crippen molar-refractivity contribution in [1.29, 1.82) is 0 Å². The quantitative estimate of drug-likeness (QED) is 0.199. The summed E-state index contributed by atoms with van der Waals surface area (Å²) >= 11 is 3.05. The molecule has 0 saturated heterocycles. The van der Waals surface area contributed by atoms with Crippen molar-refractivity contribution in [1.82, 2.24) is 4.98 Å². The van der Waals surface area contributed by atoms with Crippen molar-refractivity contribution < 1.29 is 14.4 Å². The van der Waals surface area contributed by atoms with Gasteiger partial charge in [0.15, 0.2) is 5.75 Å². The molecule has 152 valence electrons. The molecule has 0 radical (unpaired) electrons. The van der Waals surface area contributed by atoms with Gasteiger partial charge in [-0.05, 0) is 23.9 Å². The predicted molar refractivity (Wildman–Crippen MR) is 117 cm³/mol. The van der Waals surface area contributed by atoms with Crippen molar-refractivity contribution in [2.75, 3.05) is 19.1 Å². The minimum absolute atomic E-state index is 0.136. The minimum atomic E-state index is -0.483. The van der Waals surface area contributed by atoms with Crippen molar-refractivity contribution in [3.63, 3.8) is 0 Å². The highest BCUT2D eigenvalue weighted by atomic mass is 32.1. The molecule has 29 heavy (non-hydrogen) atoms. The number of hydrogen-bond acceptors (Lipinski definition) is 9. The van der Waals surface area contributed by atoms with Gasteiger partial charge in [-0.25, -0.2) is 4.98 Å². The lowest BCUT2D eigenvalue weighted by Crippen LogP contribution is -2.03. The molecule has 2 aromatic heterocycles. The monoisotopic (exact) mass is 432 g/mol. The third kappa shape index (κ3) is 5.30. The molecule has 0 bridgehead atoms. The van der Waals surface area contributed by atoms with Gasteiger partial charge in [0.2, 0.25) is 10.9 Å². The van der Waals surface area contributed by atoms with Gasteiger partial charge in [-0.2, -0.15) is 5.10 Å². The summed E-state index contributed by atoms with van der Waals surface area (Å²) in [7, 11) is 1.45. The molecule has 1 aromatic carbocycles. The highest BCUT2D eigenvalue weighted by molar-refractivity contribution is 7.15. The summed E-state index contributed by atoms with van der Waals surface area (Å²) in [6.45, 7) is 2.41. The summed E-state index contributed by atoms with van der Waals surface area (Å²) in [6, 6.07) is 7.04. The maximum Gasteiger partial charge on any atom is 0.315 e. The number of nitrogens with zero attached hydrogens (tertiary/aromatic N) is 3. The van der Waals surface area contributed by atoms with E-state index in [1.54, 1.807) is 17.4 Å². The van der Waals surface area contributed by atoms with Crippen LogP contribution in [0.5, 0.6) is 11.5 Å². The molecule has 0 aliphatic heterocycles. The Bertz CT molecular complexity index is 986. The largest absolute Gasteiger partial charge is 0.493 e. The van der Waals surface area contributed by atoms with Gasteiger partial charge < -0.3 is 9.47 Å². The number of nitro benzene ring substituents is 1. The first-order valence-electron chi connectivity index (χ1n) is 8.90. The molecule has 0 aliphatic carbocycles. The van der Waals surface area contributed by atoms with Gasteiger partial charge in [0.05, 0.1) is 35.4 Å². The first kappa shape index (κ1) is 20.7. The van der Waals surface area contributed by atoms with Crippen LogP contribution in [0.25, 0.3) is 10.6 Å². The molecule has 0 spiro atoms. The number of hydrazone groups is 1. The van der Waals surface area contributed by atoms with Crippen LogP contribution in [0, 0.1) is 10.1 Å². The Balaban J connectivity index is 1.76. The number of anilines is 1.